The van der Waals surface area contributed by atoms with Crippen LogP contribution in [0.4, 0.5) is 0 Å². The summed E-state index contributed by atoms with van der Waals surface area (Å²) >= 11 is 0. The van der Waals surface area contributed by atoms with Crippen LogP contribution in [0.5, 0.6) is 0 Å². The van der Waals surface area contributed by atoms with Gasteiger partial charge in [0, 0.05) is 26.0 Å². The van der Waals surface area contributed by atoms with E-state index in [0.29, 0.717) is 5.56 Å². The van der Waals surface area contributed by atoms with Crippen molar-refractivity contribution in [2.24, 2.45) is 0 Å². The zero-order valence-corrected chi connectivity index (χ0v) is 13.1. The molecule has 0 spiro atoms. The second-order valence-electron chi connectivity index (χ2n) is 5.21. The predicted molar refractivity (Wildman–Crippen MR) is 81.9 cm³/mol. The number of carbonyl (C=O) groups is 2. The van der Waals surface area contributed by atoms with E-state index < -0.39 is 12.1 Å². The molecule has 0 fully saturated rings. The fraction of sp³-hybridized carbons (Fsp3) is 0.312. The molecule has 6 heteroatoms. The fourth-order valence-electron chi connectivity index (χ4n) is 2.02. The van der Waals surface area contributed by atoms with Crippen LogP contribution in [0.25, 0.3) is 5.69 Å². The van der Waals surface area contributed by atoms with Crippen LogP contribution in [0.15, 0.2) is 36.5 Å². The number of hydrogen-bond acceptors (Lipinski definition) is 4. The normalized spacial score (nSPS) is 11.8. The minimum Gasteiger partial charge on any atom is -0.449 e. The van der Waals surface area contributed by atoms with Crippen molar-refractivity contribution in [2.75, 3.05) is 14.1 Å². The molecule has 0 bridgehead atoms. The summed E-state index contributed by atoms with van der Waals surface area (Å²) in [6, 6.07) is 8.79. The van der Waals surface area contributed by atoms with E-state index in [1.54, 1.807) is 56.2 Å². The maximum atomic E-state index is 12.0. The summed E-state index contributed by atoms with van der Waals surface area (Å²) in [4.78, 5) is 25.1. The maximum Gasteiger partial charge on any atom is 0.338 e. The molecular weight excluding hydrogens is 282 g/mol. The van der Waals surface area contributed by atoms with Crippen molar-refractivity contribution < 1.29 is 14.3 Å². The first-order valence-electron chi connectivity index (χ1n) is 6.93. The summed E-state index contributed by atoms with van der Waals surface area (Å²) in [5.41, 5.74) is 2.25. The fourth-order valence-corrected chi connectivity index (χ4v) is 2.02. The number of rotatable bonds is 4. The van der Waals surface area contributed by atoms with Gasteiger partial charge in [0.05, 0.1) is 11.3 Å². The third-order valence-electron chi connectivity index (χ3n) is 3.25. The molecule has 0 saturated carbocycles. The molecule has 0 aliphatic carbocycles. The lowest BCUT2D eigenvalue weighted by Gasteiger charge is -2.17. The number of ether oxygens (including phenoxy) is 1. The lowest BCUT2D eigenvalue weighted by molar-refractivity contribution is -0.137. The van der Waals surface area contributed by atoms with Crippen LogP contribution in [0, 0.1) is 6.92 Å². The van der Waals surface area contributed by atoms with Crippen molar-refractivity contribution in [3.63, 3.8) is 0 Å². The summed E-state index contributed by atoms with van der Waals surface area (Å²) in [6.45, 7) is 3.51. The highest BCUT2D eigenvalue weighted by Crippen LogP contribution is 2.13. The molecule has 1 atom stereocenters. The molecule has 0 aliphatic heterocycles. The molecule has 1 aromatic heterocycles. The quantitative estimate of drug-likeness (QED) is 0.808. The SMILES string of the molecule is Cc1ccnn1-c1ccc(C(=O)O[C@H](C)C(=O)N(C)C)cc1. The van der Waals surface area contributed by atoms with E-state index in [2.05, 4.69) is 5.10 Å². The van der Waals surface area contributed by atoms with E-state index in [1.807, 2.05) is 13.0 Å². The van der Waals surface area contributed by atoms with Gasteiger partial charge in [-0.3, -0.25) is 4.79 Å². The van der Waals surface area contributed by atoms with E-state index in [-0.39, 0.29) is 5.91 Å². The van der Waals surface area contributed by atoms with Gasteiger partial charge in [0.25, 0.3) is 5.91 Å². The van der Waals surface area contributed by atoms with Gasteiger partial charge < -0.3 is 9.64 Å². The maximum absolute atomic E-state index is 12.0. The Labute approximate surface area is 129 Å². The van der Waals surface area contributed by atoms with Crippen molar-refractivity contribution in [2.45, 2.75) is 20.0 Å². The van der Waals surface area contributed by atoms with E-state index in [0.717, 1.165) is 11.4 Å². The van der Waals surface area contributed by atoms with Crippen molar-refractivity contribution in [3.8, 4) is 5.69 Å². The molecule has 0 N–H and O–H groups in total. The monoisotopic (exact) mass is 301 g/mol. The molecule has 2 aromatic rings. The van der Waals surface area contributed by atoms with Gasteiger partial charge in [-0.05, 0) is 44.2 Å². The summed E-state index contributed by atoms with van der Waals surface area (Å²) in [6.07, 6.45) is 0.905. The van der Waals surface area contributed by atoms with Gasteiger partial charge in [0.1, 0.15) is 0 Å². The largest absolute Gasteiger partial charge is 0.449 e. The van der Waals surface area contributed by atoms with Gasteiger partial charge in [-0.25, -0.2) is 9.48 Å². The number of hydrogen-bond donors (Lipinski definition) is 0. The third kappa shape index (κ3) is 3.33. The van der Waals surface area contributed by atoms with Crippen LogP contribution in [-0.2, 0) is 9.53 Å². The van der Waals surface area contributed by atoms with Crippen LogP contribution >= 0.6 is 0 Å². The van der Waals surface area contributed by atoms with Gasteiger partial charge in [-0.1, -0.05) is 0 Å². The summed E-state index contributed by atoms with van der Waals surface area (Å²) in [5, 5.41) is 4.20. The minimum absolute atomic E-state index is 0.253. The molecule has 0 aliphatic rings. The average molecular weight is 301 g/mol. The summed E-state index contributed by atoms with van der Waals surface area (Å²) in [5.74, 6) is -0.774. The Kier molecular flexibility index (Phi) is 4.60. The number of nitrogens with zero attached hydrogens (tertiary/aromatic N) is 3. The molecule has 116 valence electrons. The molecule has 0 unspecified atom stereocenters. The van der Waals surface area contributed by atoms with Gasteiger partial charge in [0.2, 0.25) is 0 Å². The van der Waals surface area contributed by atoms with Crippen LogP contribution in [0.2, 0.25) is 0 Å². The van der Waals surface area contributed by atoms with E-state index in [4.69, 9.17) is 4.74 Å². The van der Waals surface area contributed by atoms with Crippen molar-refractivity contribution >= 4 is 11.9 Å². The number of aryl methyl sites for hydroxylation is 1. The number of benzene rings is 1. The molecular formula is C16H19N3O3. The second kappa shape index (κ2) is 6.43. The van der Waals surface area contributed by atoms with Crippen LogP contribution < -0.4 is 0 Å². The van der Waals surface area contributed by atoms with E-state index >= 15 is 0 Å². The Hall–Kier alpha value is -2.63. The first kappa shape index (κ1) is 15.8. The lowest BCUT2D eigenvalue weighted by Crippen LogP contribution is -2.34. The number of carbonyl (C=O) groups excluding carboxylic acids is 2. The summed E-state index contributed by atoms with van der Waals surface area (Å²) in [7, 11) is 3.24. The number of aromatic nitrogens is 2. The molecule has 6 nitrogen and oxygen atoms in total. The predicted octanol–water partition coefficient (Wildman–Crippen LogP) is 1.81. The highest BCUT2D eigenvalue weighted by Gasteiger charge is 2.20. The number of esters is 1. The molecule has 0 saturated heterocycles. The Morgan fingerprint density at radius 1 is 1.18 bits per heavy atom. The Morgan fingerprint density at radius 3 is 2.32 bits per heavy atom. The molecule has 22 heavy (non-hydrogen) atoms. The molecule has 1 heterocycles. The third-order valence-corrected chi connectivity index (χ3v) is 3.25. The zero-order valence-electron chi connectivity index (χ0n) is 13.1. The topological polar surface area (TPSA) is 64.4 Å². The second-order valence-corrected chi connectivity index (χ2v) is 5.21. The first-order valence-corrected chi connectivity index (χ1v) is 6.93. The van der Waals surface area contributed by atoms with Gasteiger partial charge >= 0.3 is 5.97 Å². The van der Waals surface area contributed by atoms with Crippen LogP contribution in [0.3, 0.4) is 0 Å². The van der Waals surface area contributed by atoms with E-state index in [9.17, 15) is 9.59 Å². The van der Waals surface area contributed by atoms with Crippen molar-refractivity contribution in [3.05, 3.63) is 47.8 Å². The smallest absolute Gasteiger partial charge is 0.338 e. The van der Waals surface area contributed by atoms with Gasteiger partial charge in [-0.15, -0.1) is 0 Å². The zero-order chi connectivity index (χ0) is 16.3. The molecule has 1 aromatic carbocycles. The van der Waals surface area contributed by atoms with Gasteiger partial charge in [-0.2, -0.15) is 5.10 Å². The van der Waals surface area contributed by atoms with E-state index in [1.165, 1.54) is 4.90 Å². The van der Waals surface area contributed by atoms with Crippen LogP contribution in [0.1, 0.15) is 23.0 Å². The van der Waals surface area contributed by atoms with Gasteiger partial charge in [0.15, 0.2) is 6.10 Å². The lowest BCUT2D eigenvalue weighted by atomic mass is 10.2. The van der Waals surface area contributed by atoms with Crippen molar-refractivity contribution in [1.29, 1.82) is 0 Å². The number of amides is 1. The number of likely N-dealkylation sites (N-methyl/N-ethyl adjacent to an activating group) is 1. The molecule has 2 rings (SSSR count). The van der Waals surface area contributed by atoms with Crippen molar-refractivity contribution in [1.82, 2.24) is 14.7 Å². The molecule has 0 radical (unpaired) electrons. The standard InChI is InChI=1S/C16H19N3O3/c1-11-9-10-17-19(11)14-7-5-13(6-8-14)16(21)22-12(2)15(20)18(3)4/h5-10,12H,1-4H3/t12-/m1/s1. The molecule has 1 amide bonds. The Bertz CT molecular complexity index is 674. The first-order chi connectivity index (χ1) is 10.4. The highest BCUT2D eigenvalue weighted by molar-refractivity contribution is 5.92. The summed E-state index contributed by atoms with van der Waals surface area (Å²) < 4.78 is 6.93. The Morgan fingerprint density at radius 2 is 1.82 bits per heavy atom. The average Bonchev–Trinajstić information content (AvgIpc) is 2.92. The highest BCUT2D eigenvalue weighted by atomic mass is 16.5. The minimum atomic E-state index is -0.810. The van der Waals surface area contributed by atoms with Crippen LogP contribution in [-0.4, -0.2) is 46.8 Å². The Balaban J connectivity index is 2.09.